The molecule has 1 rings (SSSR count). The summed E-state index contributed by atoms with van der Waals surface area (Å²) in [6.45, 7) is 12.9. The van der Waals surface area contributed by atoms with Gasteiger partial charge in [-0.05, 0) is 44.2 Å². The van der Waals surface area contributed by atoms with E-state index in [9.17, 15) is 0 Å². The van der Waals surface area contributed by atoms with Gasteiger partial charge in [-0.1, -0.05) is 40.5 Å². The predicted octanol–water partition coefficient (Wildman–Crippen LogP) is 3.52. The first-order chi connectivity index (χ1) is 8.47. The minimum atomic E-state index is 0.528. The molecule has 18 heavy (non-hydrogen) atoms. The van der Waals surface area contributed by atoms with Crippen molar-refractivity contribution in [1.29, 1.82) is 0 Å². The van der Waals surface area contributed by atoms with Crippen LogP contribution in [0.25, 0.3) is 0 Å². The van der Waals surface area contributed by atoms with Gasteiger partial charge in [0.2, 0.25) is 0 Å². The van der Waals surface area contributed by atoms with Gasteiger partial charge in [-0.15, -0.1) is 0 Å². The molecule has 1 aliphatic carbocycles. The van der Waals surface area contributed by atoms with Gasteiger partial charge < -0.3 is 10.2 Å². The van der Waals surface area contributed by atoms with Crippen molar-refractivity contribution in [2.75, 3.05) is 26.7 Å². The third kappa shape index (κ3) is 5.27. The van der Waals surface area contributed by atoms with Crippen molar-refractivity contribution < 1.29 is 0 Å². The zero-order chi connectivity index (χ0) is 13.6. The van der Waals surface area contributed by atoms with Crippen LogP contribution in [0.2, 0.25) is 0 Å². The van der Waals surface area contributed by atoms with E-state index < -0.39 is 0 Å². The van der Waals surface area contributed by atoms with Crippen LogP contribution in [-0.2, 0) is 0 Å². The molecule has 2 nitrogen and oxygen atoms in total. The number of hydrogen-bond acceptors (Lipinski definition) is 2. The summed E-state index contributed by atoms with van der Waals surface area (Å²) in [4.78, 5) is 2.54. The molecule has 0 aliphatic heterocycles. The molecule has 0 bridgehead atoms. The van der Waals surface area contributed by atoms with E-state index >= 15 is 0 Å². The minimum Gasteiger partial charge on any atom is -0.314 e. The highest BCUT2D eigenvalue weighted by Gasteiger charge is 2.34. The van der Waals surface area contributed by atoms with E-state index in [1.165, 1.54) is 51.7 Å². The van der Waals surface area contributed by atoms with Gasteiger partial charge in [-0.2, -0.15) is 0 Å². The Morgan fingerprint density at radius 3 is 2.39 bits per heavy atom. The van der Waals surface area contributed by atoms with E-state index in [1.807, 2.05) is 0 Å². The molecule has 1 N–H and O–H groups in total. The summed E-state index contributed by atoms with van der Waals surface area (Å²) in [5.74, 6) is 0.939. The van der Waals surface area contributed by atoms with E-state index in [2.05, 4.69) is 45.0 Å². The molecule has 0 saturated heterocycles. The van der Waals surface area contributed by atoms with Gasteiger partial charge in [0.15, 0.2) is 0 Å². The van der Waals surface area contributed by atoms with E-state index in [0.29, 0.717) is 11.5 Å². The Morgan fingerprint density at radius 1 is 1.28 bits per heavy atom. The zero-order valence-corrected chi connectivity index (χ0v) is 13.3. The van der Waals surface area contributed by atoms with E-state index in [-0.39, 0.29) is 0 Å². The smallest absolute Gasteiger partial charge is 0.00471 e. The number of nitrogens with zero attached hydrogens (tertiary/aromatic N) is 1. The number of nitrogens with one attached hydrogen (secondary N) is 1. The lowest BCUT2D eigenvalue weighted by Crippen LogP contribution is -2.46. The van der Waals surface area contributed by atoms with Crippen LogP contribution in [0, 0.1) is 11.3 Å². The van der Waals surface area contributed by atoms with Crippen LogP contribution in [0.5, 0.6) is 0 Å². The van der Waals surface area contributed by atoms with E-state index in [1.54, 1.807) is 0 Å². The van der Waals surface area contributed by atoms with Gasteiger partial charge in [0, 0.05) is 19.1 Å². The number of rotatable bonds is 7. The molecule has 2 heteroatoms. The van der Waals surface area contributed by atoms with Crippen molar-refractivity contribution in [3.63, 3.8) is 0 Å². The van der Waals surface area contributed by atoms with Crippen molar-refractivity contribution in [2.45, 2.75) is 65.8 Å². The SMILES string of the molecule is CCCN(C)CC1(CNC(C)C)CCC(C)CC1. The molecule has 1 saturated carbocycles. The van der Waals surface area contributed by atoms with Gasteiger partial charge in [0.1, 0.15) is 0 Å². The summed E-state index contributed by atoms with van der Waals surface area (Å²) in [6, 6.07) is 0.609. The lowest BCUT2D eigenvalue weighted by molar-refractivity contribution is 0.0967. The highest BCUT2D eigenvalue weighted by Crippen LogP contribution is 2.39. The molecule has 0 atom stereocenters. The van der Waals surface area contributed by atoms with Crippen LogP contribution in [0.1, 0.15) is 59.8 Å². The maximum atomic E-state index is 3.69. The molecule has 0 aromatic carbocycles. The fourth-order valence-corrected chi connectivity index (χ4v) is 3.22. The summed E-state index contributed by atoms with van der Waals surface area (Å²) in [7, 11) is 2.29. The molecule has 0 aromatic rings. The Hall–Kier alpha value is -0.0800. The lowest BCUT2D eigenvalue weighted by Gasteiger charge is -2.42. The molecule has 1 aliphatic rings. The van der Waals surface area contributed by atoms with Crippen LogP contribution < -0.4 is 5.32 Å². The highest BCUT2D eigenvalue weighted by atomic mass is 15.1. The summed E-state index contributed by atoms with van der Waals surface area (Å²) in [5, 5.41) is 3.69. The Labute approximate surface area is 115 Å². The van der Waals surface area contributed by atoms with Gasteiger partial charge in [-0.25, -0.2) is 0 Å². The van der Waals surface area contributed by atoms with Crippen molar-refractivity contribution in [1.82, 2.24) is 10.2 Å². The molecule has 0 heterocycles. The quantitative estimate of drug-likeness (QED) is 0.748. The highest BCUT2D eigenvalue weighted by molar-refractivity contribution is 4.89. The summed E-state index contributed by atoms with van der Waals surface area (Å²) in [6.07, 6.45) is 6.91. The fraction of sp³-hybridized carbons (Fsp3) is 1.00. The van der Waals surface area contributed by atoms with Crippen LogP contribution in [-0.4, -0.2) is 37.6 Å². The topological polar surface area (TPSA) is 15.3 Å². The maximum absolute atomic E-state index is 3.69. The van der Waals surface area contributed by atoms with Crippen molar-refractivity contribution >= 4 is 0 Å². The lowest BCUT2D eigenvalue weighted by atomic mass is 9.70. The molecule has 1 fully saturated rings. The van der Waals surface area contributed by atoms with Crippen LogP contribution >= 0.6 is 0 Å². The molecular weight excluding hydrogens is 220 g/mol. The average molecular weight is 254 g/mol. The molecule has 0 radical (unpaired) electrons. The zero-order valence-electron chi connectivity index (χ0n) is 13.3. The van der Waals surface area contributed by atoms with Crippen LogP contribution in [0.15, 0.2) is 0 Å². The van der Waals surface area contributed by atoms with Crippen molar-refractivity contribution in [2.24, 2.45) is 11.3 Å². The van der Waals surface area contributed by atoms with Gasteiger partial charge >= 0.3 is 0 Å². The standard InChI is InChI=1S/C16H34N2/c1-6-11-18(5)13-16(12-17-14(2)3)9-7-15(4)8-10-16/h14-15,17H,6-13H2,1-5H3. The first-order valence-corrected chi connectivity index (χ1v) is 7.89. The Morgan fingerprint density at radius 2 is 1.89 bits per heavy atom. The second-order valence-corrected chi connectivity index (χ2v) is 6.96. The minimum absolute atomic E-state index is 0.528. The van der Waals surface area contributed by atoms with Crippen molar-refractivity contribution in [3.8, 4) is 0 Å². The Bertz CT molecular complexity index is 217. The molecule has 0 unspecified atom stereocenters. The second-order valence-electron chi connectivity index (χ2n) is 6.96. The maximum Gasteiger partial charge on any atom is 0.00471 e. The summed E-state index contributed by atoms with van der Waals surface area (Å²) < 4.78 is 0. The molecule has 0 aromatic heterocycles. The normalized spacial score (nSPS) is 29.2. The van der Waals surface area contributed by atoms with Crippen molar-refractivity contribution in [3.05, 3.63) is 0 Å². The number of hydrogen-bond donors (Lipinski definition) is 1. The average Bonchev–Trinajstić information content (AvgIpc) is 2.31. The molecule has 0 amide bonds. The molecular formula is C16H34N2. The Kier molecular flexibility index (Phi) is 6.65. The monoisotopic (exact) mass is 254 g/mol. The van der Waals surface area contributed by atoms with Crippen LogP contribution in [0.4, 0.5) is 0 Å². The molecule has 108 valence electrons. The van der Waals surface area contributed by atoms with E-state index in [4.69, 9.17) is 0 Å². The Balaban J connectivity index is 2.56. The molecule has 0 spiro atoms. The second kappa shape index (κ2) is 7.49. The summed E-state index contributed by atoms with van der Waals surface area (Å²) >= 11 is 0. The van der Waals surface area contributed by atoms with Crippen LogP contribution in [0.3, 0.4) is 0 Å². The third-order valence-corrected chi connectivity index (χ3v) is 4.43. The predicted molar refractivity (Wildman–Crippen MR) is 81.0 cm³/mol. The largest absolute Gasteiger partial charge is 0.314 e. The van der Waals surface area contributed by atoms with E-state index in [0.717, 1.165) is 5.92 Å². The van der Waals surface area contributed by atoms with Gasteiger partial charge in [0.25, 0.3) is 0 Å². The van der Waals surface area contributed by atoms with Gasteiger partial charge in [0.05, 0.1) is 0 Å². The van der Waals surface area contributed by atoms with Gasteiger partial charge in [-0.3, -0.25) is 0 Å². The summed E-state index contributed by atoms with van der Waals surface area (Å²) in [5.41, 5.74) is 0.528. The first-order valence-electron chi connectivity index (χ1n) is 7.89. The third-order valence-electron chi connectivity index (χ3n) is 4.43. The first kappa shape index (κ1) is 16.0. The fourth-order valence-electron chi connectivity index (χ4n) is 3.22.